The molecule has 1 aliphatic carbocycles. The number of hydrogen-bond acceptors (Lipinski definition) is 3. The highest BCUT2D eigenvalue weighted by atomic mass is 16.3. The van der Waals surface area contributed by atoms with Crippen LogP contribution in [0.5, 0.6) is 0 Å². The summed E-state index contributed by atoms with van der Waals surface area (Å²) in [6.45, 7) is 4.12. The maximum atomic E-state index is 12.8. The molecule has 1 saturated carbocycles. The van der Waals surface area contributed by atoms with E-state index in [1.54, 1.807) is 11.8 Å². The molecular weight excluding hydrogens is 280 g/mol. The van der Waals surface area contributed by atoms with Gasteiger partial charge >= 0.3 is 0 Å². The first-order valence-corrected chi connectivity index (χ1v) is 7.87. The molecule has 0 radical (unpaired) electrons. The van der Waals surface area contributed by atoms with Gasteiger partial charge in [0.05, 0.1) is 6.10 Å². The van der Waals surface area contributed by atoms with Crippen molar-refractivity contribution >= 4 is 17.5 Å². The van der Waals surface area contributed by atoms with Gasteiger partial charge in [0.1, 0.15) is 6.04 Å². The Kier molecular flexibility index (Phi) is 3.91. The average molecular weight is 302 g/mol. The van der Waals surface area contributed by atoms with Gasteiger partial charge in [-0.15, -0.1) is 0 Å². The molecule has 1 aromatic rings. The van der Waals surface area contributed by atoms with Gasteiger partial charge in [0, 0.05) is 18.2 Å². The SMILES string of the molecule is Cc1cccc2c1N(C(=O)C(NC(=O)C1CC1)C(C)O)CC2. The first kappa shape index (κ1) is 15.0. The number of hydrogen-bond donors (Lipinski definition) is 2. The highest BCUT2D eigenvalue weighted by molar-refractivity contribution is 6.02. The number of para-hydroxylation sites is 1. The normalized spacial score (nSPS) is 19.5. The third-order valence-electron chi connectivity index (χ3n) is 4.46. The molecule has 2 amide bonds. The van der Waals surface area contributed by atoms with Crippen LogP contribution in [0.1, 0.15) is 30.9 Å². The second kappa shape index (κ2) is 5.72. The van der Waals surface area contributed by atoms with Crippen LogP contribution in [0, 0.1) is 12.8 Å². The predicted molar refractivity (Wildman–Crippen MR) is 83.6 cm³/mol. The Balaban J connectivity index is 1.81. The third-order valence-corrected chi connectivity index (χ3v) is 4.46. The lowest BCUT2D eigenvalue weighted by Crippen LogP contribution is -2.54. The van der Waals surface area contributed by atoms with Crippen molar-refractivity contribution in [3.05, 3.63) is 29.3 Å². The van der Waals surface area contributed by atoms with Crippen molar-refractivity contribution in [1.29, 1.82) is 0 Å². The minimum Gasteiger partial charge on any atom is -0.391 e. The third kappa shape index (κ3) is 2.73. The molecule has 22 heavy (non-hydrogen) atoms. The number of nitrogens with one attached hydrogen (secondary N) is 1. The van der Waals surface area contributed by atoms with Crippen LogP contribution >= 0.6 is 0 Å². The van der Waals surface area contributed by atoms with Crippen LogP contribution < -0.4 is 10.2 Å². The van der Waals surface area contributed by atoms with Gasteiger partial charge < -0.3 is 15.3 Å². The fourth-order valence-corrected chi connectivity index (χ4v) is 3.05. The number of aliphatic hydroxyl groups excluding tert-OH is 1. The summed E-state index contributed by atoms with van der Waals surface area (Å²) in [5.41, 5.74) is 3.12. The minimum atomic E-state index is -0.914. The molecule has 0 spiro atoms. The number of fused-ring (bicyclic) bond motifs is 1. The van der Waals surface area contributed by atoms with E-state index in [0.717, 1.165) is 36.1 Å². The summed E-state index contributed by atoms with van der Waals surface area (Å²) in [5, 5.41) is 12.7. The molecule has 2 unspecified atom stereocenters. The van der Waals surface area contributed by atoms with Gasteiger partial charge in [-0.3, -0.25) is 9.59 Å². The standard InChI is InChI=1S/C17H22N2O3/c1-10-4-3-5-12-8-9-19(15(10)12)17(22)14(11(2)20)18-16(21)13-6-7-13/h3-5,11,13-14,20H,6-9H2,1-2H3,(H,18,21). The molecule has 3 rings (SSSR count). The largest absolute Gasteiger partial charge is 0.391 e. The Bertz CT molecular complexity index is 608. The lowest BCUT2D eigenvalue weighted by Gasteiger charge is -2.27. The maximum absolute atomic E-state index is 12.8. The zero-order chi connectivity index (χ0) is 15.9. The van der Waals surface area contributed by atoms with Gasteiger partial charge in [0.25, 0.3) is 5.91 Å². The number of aryl methyl sites for hydroxylation is 1. The number of rotatable bonds is 4. The summed E-state index contributed by atoms with van der Waals surface area (Å²) < 4.78 is 0. The first-order valence-electron chi connectivity index (χ1n) is 7.87. The Labute approximate surface area is 130 Å². The Morgan fingerprint density at radius 1 is 1.36 bits per heavy atom. The molecule has 2 N–H and O–H groups in total. The van der Waals surface area contributed by atoms with Crippen molar-refractivity contribution in [2.24, 2.45) is 5.92 Å². The van der Waals surface area contributed by atoms with E-state index in [9.17, 15) is 14.7 Å². The molecule has 1 aromatic carbocycles. The van der Waals surface area contributed by atoms with Crippen molar-refractivity contribution in [1.82, 2.24) is 5.32 Å². The molecule has 5 nitrogen and oxygen atoms in total. The van der Waals surface area contributed by atoms with Gasteiger partial charge in [-0.25, -0.2) is 0 Å². The number of nitrogens with zero attached hydrogens (tertiary/aromatic N) is 1. The molecule has 0 saturated heterocycles. The predicted octanol–water partition coefficient (Wildman–Crippen LogP) is 1.16. The molecule has 5 heteroatoms. The molecule has 2 atom stereocenters. The second-order valence-corrected chi connectivity index (χ2v) is 6.32. The minimum absolute atomic E-state index is 0.0154. The van der Waals surface area contributed by atoms with Gasteiger partial charge in [-0.1, -0.05) is 18.2 Å². The first-order chi connectivity index (χ1) is 10.5. The molecule has 1 heterocycles. The highest BCUT2D eigenvalue weighted by Gasteiger charge is 2.37. The van der Waals surface area contributed by atoms with E-state index in [2.05, 4.69) is 5.32 Å². The number of aliphatic hydroxyl groups is 1. The number of benzene rings is 1. The summed E-state index contributed by atoms with van der Waals surface area (Å²) >= 11 is 0. The smallest absolute Gasteiger partial charge is 0.252 e. The lowest BCUT2D eigenvalue weighted by molar-refractivity contribution is -0.130. The summed E-state index contributed by atoms with van der Waals surface area (Å²) in [7, 11) is 0. The van der Waals surface area contributed by atoms with Crippen molar-refractivity contribution in [3.63, 3.8) is 0 Å². The van der Waals surface area contributed by atoms with E-state index in [0.29, 0.717) is 6.54 Å². The van der Waals surface area contributed by atoms with Crippen LogP contribution in [0.25, 0.3) is 0 Å². The van der Waals surface area contributed by atoms with Crippen molar-refractivity contribution in [2.75, 3.05) is 11.4 Å². The highest BCUT2D eigenvalue weighted by Crippen LogP contribution is 2.32. The topological polar surface area (TPSA) is 69.6 Å². The van der Waals surface area contributed by atoms with Crippen LogP contribution in [-0.4, -0.2) is 35.6 Å². The molecular formula is C17H22N2O3. The Morgan fingerprint density at radius 3 is 2.73 bits per heavy atom. The fraction of sp³-hybridized carbons (Fsp3) is 0.529. The summed E-state index contributed by atoms with van der Waals surface area (Å²) in [6, 6.07) is 5.11. The quantitative estimate of drug-likeness (QED) is 0.877. The van der Waals surface area contributed by atoms with Crippen LogP contribution in [0.3, 0.4) is 0 Å². The van der Waals surface area contributed by atoms with Gasteiger partial charge in [-0.05, 0) is 44.2 Å². The molecule has 118 valence electrons. The van der Waals surface area contributed by atoms with E-state index >= 15 is 0 Å². The van der Waals surface area contributed by atoms with E-state index in [4.69, 9.17) is 0 Å². The zero-order valence-corrected chi connectivity index (χ0v) is 13.0. The van der Waals surface area contributed by atoms with Gasteiger partial charge in [0.15, 0.2) is 0 Å². The van der Waals surface area contributed by atoms with E-state index in [1.165, 1.54) is 0 Å². The molecule has 2 aliphatic rings. The second-order valence-electron chi connectivity index (χ2n) is 6.32. The molecule has 1 aliphatic heterocycles. The number of carbonyl (C=O) groups is 2. The molecule has 0 aromatic heterocycles. The van der Waals surface area contributed by atoms with E-state index in [-0.39, 0.29) is 17.7 Å². The fourth-order valence-electron chi connectivity index (χ4n) is 3.05. The van der Waals surface area contributed by atoms with Gasteiger partial charge in [-0.2, -0.15) is 0 Å². The summed E-state index contributed by atoms with van der Waals surface area (Å²) in [5.74, 6) is -0.331. The number of amides is 2. The van der Waals surface area contributed by atoms with E-state index < -0.39 is 12.1 Å². The van der Waals surface area contributed by atoms with Crippen molar-refractivity contribution in [3.8, 4) is 0 Å². The van der Waals surface area contributed by atoms with Crippen molar-refractivity contribution < 1.29 is 14.7 Å². The summed E-state index contributed by atoms with van der Waals surface area (Å²) in [4.78, 5) is 26.5. The maximum Gasteiger partial charge on any atom is 0.252 e. The van der Waals surface area contributed by atoms with Crippen LogP contribution in [0.15, 0.2) is 18.2 Å². The Morgan fingerprint density at radius 2 is 2.09 bits per heavy atom. The Hall–Kier alpha value is -1.88. The molecule has 1 fully saturated rings. The van der Waals surface area contributed by atoms with Crippen LogP contribution in [0.4, 0.5) is 5.69 Å². The zero-order valence-electron chi connectivity index (χ0n) is 13.0. The lowest BCUT2D eigenvalue weighted by atomic mass is 10.1. The summed E-state index contributed by atoms with van der Waals surface area (Å²) in [6.07, 6.45) is 1.64. The van der Waals surface area contributed by atoms with Gasteiger partial charge in [0.2, 0.25) is 5.91 Å². The molecule has 0 bridgehead atoms. The van der Waals surface area contributed by atoms with Crippen molar-refractivity contribution in [2.45, 2.75) is 45.3 Å². The monoisotopic (exact) mass is 302 g/mol. The average Bonchev–Trinajstić information content (AvgIpc) is 3.23. The van der Waals surface area contributed by atoms with E-state index in [1.807, 2.05) is 25.1 Å². The number of carbonyl (C=O) groups excluding carboxylic acids is 2. The van der Waals surface area contributed by atoms with Crippen LogP contribution in [0.2, 0.25) is 0 Å². The van der Waals surface area contributed by atoms with Crippen LogP contribution in [-0.2, 0) is 16.0 Å². The number of anilines is 1.